The molecule has 0 aliphatic carbocycles. The second-order valence-corrected chi connectivity index (χ2v) is 2.78. The van der Waals surface area contributed by atoms with Gasteiger partial charge in [-0.25, -0.2) is 4.79 Å². The Labute approximate surface area is 96.9 Å². The molecule has 1 rings (SSSR count). The summed E-state index contributed by atoms with van der Waals surface area (Å²) in [6.45, 7) is -0.353. The third-order valence-electron chi connectivity index (χ3n) is 1.44. The molecule has 5 N–H and O–H groups in total. The van der Waals surface area contributed by atoms with Crippen molar-refractivity contribution in [3.8, 4) is 0 Å². The van der Waals surface area contributed by atoms with Crippen molar-refractivity contribution in [1.82, 2.24) is 5.32 Å². The topological polar surface area (TPSA) is 130 Å². The molecule has 0 fully saturated rings. The molecular weight excluding hydrogens is 228 g/mol. The van der Waals surface area contributed by atoms with E-state index in [1.807, 2.05) is 0 Å². The van der Waals surface area contributed by atoms with Crippen molar-refractivity contribution in [3.05, 3.63) is 35.9 Å². The van der Waals surface area contributed by atoms with Crippen LogP contribution in [0, 0.1) is 0 Å². The summed E-state index contributed by atoms with van der Waals surface area (Å²) in [5, 5.41) is 17.7. The standard InChI is InChI=1S/C9H9NO3.CH3NO2/c11-8(12)6-10-9(13)7-4-2-1-3-5-7;2-1(3)4/h1-5H,6H2,(H,10,13)(H,11,12);2H2,(H,3,4). The van der Waals surface area contributed by atoms with E-state index >= 15 is 0 Å². The van der Waals surface area contributed by atoms with E-state index in [-0.39, 0.29) is 12.5 Å². The number of carboxylic acids is 1. The molecule has 7 heteroatoms. The maximum absolute atomic E-state index is 11.2. The van der Waals surface area contributed by atoms with Gasteiger partial charge >= 0.3 is 12.1 Å². The van der Waals surface area contributed by atoms with Crippen molar-refractivity contribution in [2.75, 3.05) is 6.54 Å². The first-order valence-corrected chi connectivity index (χ1v) is 4.47. The van der Waals surface area contributed by atoms with Crippen LogP contribution < -0.4 is 11.1 Å². The fraction of sp³-hybridized carbons (Fsp3) is 0.100. The van der Waals surface area contributed by atoms with Gasteiger partial charge in [-0.2, -0.15) is 0 Å². The molecule has 2 amide bonds. The van der Waals surface area contributed by atoms with Gasteiger partial charge in [-0.1, -0.05) is 18.2 Å². The number of carboxylic acid groups (broad SMARTS) is 2. The van der Waals surface area contributed by atoms with Crippen LogP contribution in [-0.4, -0.2) is 34.7 Å². The van der Waals surface area contributed by atoms with Gasteiger partial charge in [0.05, 0.1) is 0 Å². The molecule has 0 spiro atoms. The van der Waals surface area contributed by atoms with Crippen LogP contribution in [-0.2, 0) is 4.79 Å². The largest absolute Gasteiger partial charge is 0.480 e. The average molecular weight is 240 g/mol. The van der Waals surface area contributed by atoms with E-state index in [2.05, 4.69) is 11.1 Å². The van der Waals surface area contributed by atoms with E-state index in [1.165, 1.54) is 0 Å². The molecule has 17 heavy (non-hydrogen) atoms. The molecule has 92 valence electrons. The van der Waals surface area contributed by atoms with Crippen LogP contribution in [0.1, 0.15) is 10.4 Å². The minimum Gasteiger partial charge on any atom is -0.480 e. The smallest absolute Gasteiger partial charge is 0.402 e. The summed E-state index contributed by atoms with van der Waals surface area (Å²) in [7, 11) is 0. The summed E-state index contributed by atoms with van der Waals surface area (Å²) in [5.41, 5.74) is 4.49. The van der Waals surface area contributed by atoms with Crippen molar-refractivity contribution in [3.63, 3.8) is 0 Å². The molecule has 1 aromatic rings. The summed E-state index contributed by atoms with van der Waals surface area (Å²) in [5.74, 6) is -1.42. The number of amides is 2. The first-order valence-electron chi connectivity index (χ1n) is 4.47. The molecule has 0 heterocycles. The number of primary amides is 1. The zero-order chi connectivity index (χ0) is 13.3. The van der Waals surface area contributed by atoms with E-state index in [0.717, 1.165) is 0 Å². The van der Waals surface area contributed by atoms with E-state index < -0.39 is 12.1 Å². The molecule has 0 unspecified atom stereocenters. The number of hydrogen-bond acceptors (Lipinski definition) is 3. The lowest BCUT2D eigenvalue weighted by atomic mass is 10.2. The van der Waals surface area contributed by atoms with E-state index in [0.29, 0.717) is 5.56 Å². The van der Waals surface area contributed by atoms with Gasteiger partial charge in [-0.05, 0) is 12.1 Å². The van der Waals surface area contributed by atoms with Gasteiger partial charge in [-0.3, -0.25) is 9.59 Å². The molecule has 0 atom stereocenters. The van der Waals surface area contributed by atoms with Crippen LogP contribution in [0.5, 0.6) is 0 Å². The summed E-state index contributed by atoms with van der Waals surface area (Å²) in [6.07, 6.45) is -1.33. The highest BCUT2D eigenvalue weighted by atomic mass is 16.4. The Morgan fingerprint density at radius 3 is 2.00 bits per heavy atom. The number of nitrogens with one attached hydrogen (secondary N) is 1. The Hall–Kier alpha value is -2.57. The zero-order valence-corrected chi connectivity index (χ0v) is 8.79. The first-order chi connectivity index (χ1) is 7.93. The lowest BCUT2D eigenvalue weighted by Gasteiger charge is -2.00. The summed E-state index contributed by atoms with van der Waals surface area (Å²) in [6, 6.07) is 8.47. The van der Waals surface area contributed by atoms with Gasteiger partial charge in [0.1, 0.15) is 6.54 Å². The molecular formula is C10H12N2O5. The Morgan fingerprint density at radius 1 is 1.12 bits per heavy atom. The van der Waals surface area contributed by atoms with Crippen LogP contribution in [0.15, 0.2) is 30.3 Å². The summed E-state index contributed by atoms with van der Waals surface area (Å²) >= 11 is 0. The SMILES string of the molecule is NC(=O)O.O=C(O)CNC(=O)c1ccccc1. The van der Waals surface area contributed by atoms with Gasteiger partial charge < -0.3 is 21.3 Å². The fourth-order valence-electron chi connectivity index (χ4n) is 0.847. The van der Waals surface area contributed by atoms with Crippen molar-refractivity contribution in [2.45, 2.75) is 0 Å². The number of benzene rings is 1. The number of nitrogens with two attached hydrogens (primary N) is 1. The molecule has 0 saturated heterocycles. The molecule has 0 aliphatic heterocycles. The van der Waals surface area contributed by atoms with Crippen molar-refractivity contribution < 1.29 is 24.6 Å². The molecule has 0 aliphatic rings. The highest BCUT2D eigenvalue weighted by molar-refractivity contribution is 5.95. The quantitative estimate of drug-likeness (QED) is 0.596. The van der Waals surface area contributed by atoms with Gasteiger partial charge in [0.2, 0.25) is 0 Å². The minimum atomic E-state index is -1.33. The Balaban J connectivity index is 0.000000557. The molecule has 0 bridgehead atoms. The second kappa shape index (κ2) is 7.69. The zero-order valence-electron chi connectivity index (χ0n) is 8.79. The van der Waals surface area contributed by atoms with Crippen molar-refractivity contribution >= 4 is 18.0 Å². The molecule has 0 aromatic heterocycles. The molecule has 0 saturated carbocycles. The second-order valence-electron chi connectivity index (χ2n) is 2.78. The highest BCUT2D eigenvalue weighted by Crippen LogP contribution is 1.96. The maximum atomic E-state index is 11.2. The molecule has 0 radical (unpaired) electrons. The average Bonchev–Trinajstić information content (AvgIpc) is 2.26. The van der Waals surface area contributed by atoms with Gasteiger partial charge in [-0.15, -0.1) is 0 Å². The van der Waals surface area contributed by atoms with Crippen LogP contribution in [0.25, 0.3) is 0 Å². The third kappa shape index (κ3) is 8.43. The molecule has 1 aromatic carbocycles. The third-order valence-corrected chi connectivity index (χ3v) is 1.44. The number of aliphatic carboxylic acids is 1. The van der Waals surface area contributed by atoms with E-state index in [4.69, 9.17) is 15.0 Å². The summed E-state index contributed by atoms with van der Waals surface area (Å²) < 4.78 is 0. The van der Waals surface area contributed by atoms with Crippen LogP contribution in [0.2, 0.25) is 0 Å². The lowest BCUT2D eigenvalue weighted by Crippen LogP contribution is -2.29. The van der Waals surface area contributed by atoms with E-state index in [9.17, 15) is 9.59 Å². The summed E-state index contributed by atoms with van der Waals surface area (Å²) in [4.78, 5) is 30.1. The van der Waals surface area contributed by atoms with Gasteiger partial charge in [0.25, 0.3) is 5.91 Å². The minimum absolute atomic E-state index is 0.353. The predicted octanol–water partition coefficient (Wildman–Crippen LogP) is 0.124. The van der Waals surface area contributed by atoms with Crippen LogP contribution >= 0.6 is 0 Å². The van der Waals surface area contributed by atoms with Crippen LogP contribution in [0.4, 0.5) is 4.79 Å². The fourth-order valence-corrected chi connectivity index (χ4v) is 0.847. The van der Waals surface area contributed by atoms with Crippen molar-refractivity contribution in [1.29, 1.82) is 0 Å². The van der Waals surface area contributed by atoms with Crippen LogP contribution in [0.3, 0.4) is 0 Å². The number of hydrogen-bond donors (Lipinski definition) is 4. The van der Waals surface area contributed by atoms with Gasteiger partial charge in [0, 0.05) is 5.56 Å². The number of rotatable bonds is 3. The normalized spacial score (nSPS) is 8.47. The van der Waals surface area contributed by atoms with Gasteiger partial charge in [0.15, 0.2) is 0 Å². The molecule has 7 nitrogen and oxygen atoms in total. The van der Waals surface area contributed by atoms with Crippen molar-refractivity contribution in [2.24, 2.45) is 5.73 Å². The monoisotopic (exact) mass is 240 g/mol. The Morgan fingerprint density at radius 2 is 1.59 bits per heavy atom. The Bertz CT molecular complexity index is 387. The maximum Gasteiger partial charge on any atom is 0.402 e. The Kier molecular flexibility index (Phi) is 6.52. The first kappa shape index (κ1) is 14.4. The lowest BCUT2D eigenvalue weighted by molar-refractivity contribution is -0.135. The highest BCUT2D eigenvalue weighted by Gasteiger charge is 2.04. The predicted molar refractivity (Wildman–Crippen MR) is 58.6 cm³/mol. The number of carbonyl (C=O) groups is 3. The number of carbonyl (C=O) groups excluding carboxylic acids is 1. The van der Waals surface area contributed by atoms with E-state index in [1.54, 1.807) is 30.3 Å².